The van der Waals surface area contributed by atoms with Gasteiger partial charge in [-0.05, 0) is 119 Å². The Bertz CT molecular complexity index is 2280. The Balaban J connectivity index is 1.19. The molecule has 0 spiro atoms. The monoisotopic (exact) mass is 970 g/mol. The van der Waals surface area contributed by atoms with Gasteiger partial charge in [0.25, 0.3) is 0 Å². The summed E-state index contributed by atoms with van der Waals surface area (Å²) in [6.07, 6.45) is 0.442. The molecule has 0 aliphatic rings. The van der Waals surface area contributed by atoms with Gasteiger partial charge in [-0.1, -0.05) is 88.0 Å². The molecule has 0 atom stereocenters. The van der Waals surface area contributed by atoms with Crippen molar-refractivity contribution < 1.29 is 38.2 Å². The van der Waals surface area contributed by atoms with Crippen LogP contribution in [-0.4, -0.2) is 35.7 Å². The molecule has 0 aliphatic heterocycles. The zero-order valence-electron chi connectivity index (χ0n) is 27.5. The largest absolute Gasteiger partial charge is 0.457 e. The topological polar surface area (TPSA) is 121 Å². The summed E-state index contributed by atoms with van der Waals surface area (Å²) in [5, 5.41) is 0. The van der Waals surface area contributed by atoms with Crippen LogP contribution < -0.4 is 9.47 Å². The lowest BCUT2D eigenvalue weighted by Crippen LogP contribution is -2.14. The number of halogens is 4. The van der Waals surface area contributed by atoms with Gasteiger partial charge in [-0.2, -0.15) is 0 Å². The van der Waals surface area contributed by atoms with E-state index in [-0.39, 0.29) is 57.8 Å². The molecule has 8 nitrogen and oxygen atoms in total. The van der Waals surface area contributed by atoms with Gasteiger partial charge in [0.15, 0.2) is 12.6 Å². The quantitative estimate of drug-likeness (QED) is 0.0637. The van der Waals surface area contributed by atoms with Crippen LogP contribution in [-0.2, 0) is 9.59 Å². The first kappa shape index (κ1) is 38.6. The highest BCUT2D eigenvalue weighted by Gasteiger charge is 2.23. The summed E-state index contributed by atoms with van der Waals surface area (Å²) < 4.78 is 15.1. The number of aldehydes is 2. The molecule has 0 amide bonds. The SMILES string of the molecule is O=CC(=O)c1c(Oc2ccc(C(=O)C(=O)c3ccc(Oc4cccc(-c5cc(Br)cc(Br)c5)c4C(=O)C=O)cc3)cc2)cccc1-c1cc(Br)cc(Br)c1. The Morgan fingerprint density at radius 3 is 1.09 bits per heavy atom. The molecule has 0 N–H and O–H groups in total. The molecule has 0 aromatic heterocycles. The Kier molecular flexibility index (Phi) is 12.1. The molecule has 0 saturated heterocycles. The van der Waals surface area contributed by atoms with Crippen molar-refractivity contribution in [2.75, 3.05) is 0 Å². The fourth-order valence-electron chi connectivity index (χ4n) is 5.62. The van der Waals surface area contributed by atoms with Crippen LogP contribution in [0, 0.1) is 0 Å². The second kappa shape index (κ2) is 16.9. The summed E-state index contributed by atoms with van der Waals surface area (Å²) in [5.74, 6) is -2.32. The van der Waals surface area contributed by atoms with E-state index in [0.717, 1.165) is 17.9 Å². The molecular formula is C42H22Br4O8. The summed E-state index contributed by atoms with van der Waals surface area (Å²) in [5.41, 5.74) is 2.63. The fraction of sp³-hybridized carbons (Fsp3) is 0. The van der Waals surface area contributed by atoms with E-state index in [0.29, 0.717) is 22.3 Å². The van der Waals surface area contributed by atoms with Gasteiger partial charge < -0.3 is 9.47 Å². The van der Waals surface area contributed by atoms with Crippen molar-refractivity contribution in [1.82, 2.24) is 0 Å². The van der Waals surface area contributed by atoms with E-state index in [2.05, 4.69) is 63.7 Å². The number of hydrogen-bond donors (Lipinski definition) is 0. The first-order valence-electron chi connectivity index (χ1n) is 15.8. The zero-order chi connectivity index (χ0) is 38.5. The van der Waals surface area contributed by atoms with Gasteiger partial charge in [-0.3, -0.25) is 28.8 Å². The van der Waals surface area contributed by atoms with Crippen LogP contribution in [0.1, 0.15) is 41.4 Å². The molecule has 0 radical (unpaired) electrons. The Labute approximate surface area is 342 Å². The molecule has 6 rings (SSSR count). The number of rotatable bonds is 13. The minimum atomic E-state index is -0.777. The summed E-state index contributed by atoms with van der Waals surface area (Å²) in [7, 11) is 0. The van der Waals surface area contributed by atoms with Crippen LogP contribution in [0.15, 0.2) is 139 Å². The summed E-state index contributed by atoms with van der Waals surface area (Å²) in [6.45, 7) is 0. The number of Topliss-reactive ketones (excluding diaryl/α,β-unsaturated/α-hetero) is 4. The van der Waals surface area contributed by atoms with Gasteiger partial charge in [0.1, 0.15) is 23.0 Å². The molecule has 0 unspecified atom stereocenters. The summed E-state index contributed by atoms with van der Waals surface area (Å²) in [4.78, 5) is 75.3. The fourth-order valence-corrected chi connectivity index (χ4v) is 8.21. The molecule has 12 heteroatoms. The first-order valence-corrected chi connectivity index (χ1v) is 19.0. The molecule has 6 aromatic carbocycles. The number of ketones is 4. The predicted molar refractivity (Wildman–Crippen MR) is 217 cm³/mol. The number of carbonyl (C=O) groups is 6. The lowest BCUT2D eigenvalue weighted by atomic mass is 9.96. The average molecular weight is 974 g/mol. The number of carbonyl (C=O) groups excluding carboxylic acids is 6. The zero-order valence-corrected chi connectivity index (χ0v) is 33.8. The predicted octanol–water partition coefficient (Wildman–Crippen LogP) is 11.5. The molecule has 6 aromatic rings. The van der Waals surface area contributed by atoms with Gasteiger partial charge in [-0.15, -0.1) is 0 Å². The van der Waals surface area contributed by atoms with Crippen molar-refractivity contribution in [2.45, 2.75) is 0 Å². The van der Waals surface area contributed by atoms with Crippen LogP contribution in [0.2, 0.25) is 0 Å². The summed E-state index contributed by atoms with van der Waals surface area (Å²) >= 11 is 13.8. The van der Waals surface area contributed by atoms with Crippen molar-refractivity contribution >= 4 is 99.4 Å². The Hall–Kier alpha value is -5.14. The van der Waals surface area contributed by atoms with E-state index in [9.17, 15) is 28.8 Å². The van der Waals surface area contributed by atoms with Crippen LogP contribution in [0.5, 0.6) is 23.0 Å². The van der Waals surface area contributed by atoms with E-state index in [1.54, 1.807) is 60.7 Å². The first-order chi connectivity index (χ1) is 25.9. The van der Waals surface area contributed by atoms with Crippen LogP contribution in [0.3, 0.4) is 0 Å². The number of hydrogen-bond acceptors (Lipinski definition) is 8. The third-order valence-corrected chi connectivity index (χ3v) is 9.83. The van der Waals surface area contributed by atoms with Gasteiger partial charge in [0, 0.05) is 29.0 Å². The lowest BCUT2D eigenvalue weighted by Gasteiger charge is -2.14. The average Bonchev–Trinajstić information content (AvgIpc) is 3.16. The van der Waals surface area contributed by atoms with E-state index in [1.165, 1.54) is 48.5 Å². The van der Waals surface area contributed by atoms with Crippen molar-refractivity contribution in [3.05, 3.63) is 161 Å². The van der Waals surface area contributed by atoms with Crippen LogP contribution in [0.4, 0.5) is 0 Å². The molecule has 0 aliphatic carbocycles. The molecular weight excluding hydrogens is 952 g/mol. The molecule has 0 bridgehead atoms. The Morgan fingerprint density at radius 2 is 0.778 bits per heavy atom. The van der Waals surface area contributed by atoms with Crippen molar-refractivity contribution in [2.24, 2.45) is 0 Å². The minimum Gasteiger partial charge on any atom is -0.457 e. The maximum Gasteiger partial charge on any atom is 0.233 e. The van der Waals surface area contributed by atoms with Gasteiger partial charge >= 0.3 is 0 Å². The van der Waals surface area contributed by atoms with Gasteiger partial charge in [-0.25, -0.2) is 0 Å². The normalized spacial score (nSPS) is 10.7. The maximum absolute atomic E-state index is 13.2. The molecule has 54 heavy (non-hydrogen) atoms. The third kappa shape index (κ3) is 8.63. The molecule has 0 heterocycles. The summed E-state index contributed by atoms with van der Waals surface area (Å²) in [6, 6.07) is 32.4. The molecule has 0 saturated carbocycles. The highest BCUT2D eigenvalue weighted by molar-refractivity contribution is 9.11. The van der Waals surface area contributed by atoms with E-state index in [1.807, 2.05) is 12.1 Å². The van der Waals surface area contributed by atoms with Gasteiger partial charge in [0.05, 0.1) is 11.1 Å². The Morgan fingerprint density at radius 1 is 0.444 bits per heavy atom. The maximum atomic E-state index is 13.2. The van der Waals surface area contributed by atoms with E-state index < -0.39 is 23.1 Å². The van der Waals surface area contributed by atoms with Gasteiger partial charge in [0.2, 0.25) is 23.1 Å². The smallest absolute Gasteiger partial charge is 0.233 e. The van der Waals surface area contributed by atoms with Crippen LogP contribution >= 0.6 is 63.7 Å². The van der Waals surface area contributed by atoms with Crippen molar-refractivity contribution in [3.63, 3.8) is 0 Å². The second-order valence-electron chi connectivity index (χ2n) is 11.5. The number of ether oxygens (including phenoxy) is 2. The van der Waals surface area contributed by atoms with E-state index in [4.69, 9.17) is 9.47 Å². The van der Waals surface area contributed by atoms with Crippen LogP contribution in [0.25, 0.3) is 22.3 Å². The third-order valence-electron chi connectivity index (χ3n) is 8.00. The minimum absolute atomic E-state index is 0.0669. The van der Waals surface area contributed by atoms with E-state index >= 15 is 0 Å². The lowest BCUT2D eigenvalue weighted by molar-refractivity contribution is -0.105. The standard InChI is InChI=1S/C42H22Br4O8/c43-27-15-25(16-28(44)19-27)33-3-1-5-37(39(33)35(49)21-47)53-31-11-7-23(8-12-31)41(51)42(52)24-9-13-32(14-10-24)54-38-6-2-4-34(40(38)36(50)22-48)26-17-29(45)20-30(46)18-26/h1-22H. The van der Waals surface area contributed by atoms with Crippen molar-refractivity contribution in [1.29, 1.82) is 0 Å². The highest BCUT2D eigenvalue weighted by atomic mass is 79.9. The molecule has 266 valence electrons. The number of benzene rings is 6. The second-order valence-corrected chi connectivity index (χ2v) is 15.2. The van der Waals surface area contributed by atoms with Crippen molar-refractivity contribution in [3.8, 4) is 45.3 Å². The highest BCUT2D eigenvalue weighted by Crippen LogP contribution is 2.38. The molecule has 0 fully saturated rings.